The summed E-state index contributed by atoms with van der Waals surface area (Å²) in [5.41, 5.74) is 7.12. The van der Waals surface area contributed by atoms with Crippen molar-refractivity contribution in [1.29, 1.82) is 0 Å². The lowest BCUT2D eigenvalue weighted by atomic mass is 9.98. The van der Waals surface area contributed by atoms with E-state index in [-0.39, 0.29) is 43.6 Å². The fraction of sp³-hybridized carbons (Fsp3) is 0.333. The Labute approximate surface area is 277 Å². The van der Waals surface area contributed by atoms with Crippen molar-refractivity contribution in [2.75, 3.05) is 13.6 Å². The Hall–Kier alpha value is -4.34. The third-order valence-electron chi connectivity index (χ3n) is 8.78. The van der Waals surface area contributed by atoms with Crippen molar-refractivity contribution >= 4 is 11.9 Å². The van der Waals surface area contributed by atoms with Crippen molar-refractivity contribution in [3.8, 4) is 11.1 Å². The Bertz CT molecular complexity index is 1590. The van der Waals surface area contributed by atoms with E-state index in [1.807, 2.05) is 66.7 Å². The zero-order valence-electron chi connectivity index (χ0n) is 27.0. The largest absolute Gasteiger partial charge is 0.481 e. The molecule has 5 rings (SSSR count). The second-order valence-corrected chi connectivity index (χ2v) is 12.2. The Morgan fingerprint density at radius 3 is 2.28 bits per heavy atom. The zero-order valence-corrected chi connectivity index (χ0v) is 27.0. The molecule has 1 aliphatic rings. The maximum absolute atomic E-state index is 12.1. The van der Waals surface area contributed by atoms with E-state index in [0.717, 1.165) is 39.9 Å². The van der Waals surface area contributed by atoms with Crippen LogP contribution in [0.3, 0.4) is 0 Å². The van der Waals surface area contributed by atoms with Gasteiger partial charge >= 0.3 is 5.97 Å². The number of carbonyl (C=O) groups is 2. The molecule has 0 aliphatic carbocycles. The van der Waals surface area contributed by atoms with Gasteiger partial charge < -0.3 is 25.0 Å². The first-order valence-electron chi connectivity index (χ1n) is 16.2. The van der Waals surface area contributed by atoms with Crippen molar-refractivity contribution in [2.24, 2.45) is 0 Å². The van der Waals surface area contributed by atoms with Gasteiger partial charge in [0, 0.05) is 44.0 Å². The van der Waals surface area contributed by atoms with E-state index < -0.39 is 12.3 Å². The highest BCUT2D eigenvalue weighted by atomic mass is 16.7. The van der Waals surface area contributed by atoms with Crippen molar-refractivity contribution in [2.45, 2.75) is 70.3 Å². The molecule has 4 atom stereocenters. The summed E-state index contributed by atoms with van der Waals surface area (Å²) < 4.78 is 13.2. The molecule has 4 aromatic rings. The predicted molar refractivity (Wildman–Crippen MR) is 181 cm³/mol. The summed E-state index contributed by atoms with van der Waals surface area (Å²) in [6, 6.07) is 34.8. The first-order chi connectivity index (χ1) is 22.8. The van der Waals surface area contributed by atoms with Crippen LogP contribution in [-0.2, 0) is 32.2 Å². The summed E-state index contributed by atoms with van der Waals surface area (Å²) in [5.74, 6) is -1.05. The number of carbonyl (C=O) groups excluding carboxylic acids is 1. The molecule has 1 heterocycles. The number of aliphatic hydroxyl groups is 1. The van der Waals surface area contributed by atoms with Crippen LogP contribution in [-0.4, -0.2) is 46.7 Å². The fourth-order valence-corrected chi connectivity index (χ4v) is 5.88. The molecule has 0 bridgehead atoms. The molecule has 1 fully saturated rings. The number of ether oxygens (including phenoxy) is 2. The van der Waals surface area contributed by atoms with E-state index in [1.165, 1.54) is 5.56 Å². The van der Waals surface area contributed by atoms with Crippen LogP contribution in [0.2, 0.25) is 0 Å². The number of aliphatic carboxylic acids is 1. The van der Waals surface area contributed by atoms with Crippen LogP contribution < -0.4 is 5.32 Å². The maximum Gasteiger partial charge on any atom is 0.303 e. The monoisotopic (exact) mass is 636 g/mol. The molecule has 1 amide bonds. The normalized spacial score (nSPS) is 18.5. The quantitative estimate of drug-likeness (QED) is 0.137. The van der Waals surface area contributed by atoms with Crippen LogP contribution in [0.1, 0.15) is 78.9 Å². The van der Waals surface area contributed by atoms with E-state index >= 15 is 0 Å². The second kappa shape index (κ2) is 16.5. The Kier molecular flexibility index (Phi) is 11.9. The van der Waals surface area contributed by atoms with Crippen LogP contribution in [0, 0.1) is 0 Å². The lowest BCUT2D eigenvalue weighted by Gasteiger charge is -2.39. The summed E-state index contributed by atoms with van der Waals surface area (Å²) in [6.45, 7) is 3.32. The van der Waals surface area contributed by atoms with Crippen LogP contribution in [0.15, 0.2) is 103 Å². The van der Waals surface area contributed by atoms with Gasteiger partial charge in [0.25, 0.3) is 0 Å². The van der Waals surface area contributed by atoms with Gasteiger partial charge in [-0.3, -0.25) is 14.5 Å². The lowest BCUT2D eigenvalue weighted by Crippen LogP contribution is -2.38. The van der Waals surface area contributed by atoms with Crippen molar-refractivity contribution in [3.63, 3.8) is 0 Å². The standard InChI is InChI=1S/C39H44N2O6/c1-27(30-9-4-3-5-10-30)41(2)25-35-23-36(32-16-14-28(26-42)15-17-32)47-39(46-35)33-20-18-31(19-21-33)34-11-6-8-29(22-34)24-40-37(43)12-7-13-38(44)45/h3-6,8-11,14-22,27,35-36,39,42H,7,12-13,23-26H2,1-2H3,(H,40,43)(H,44,45)/t27-,35-,36+,39+/m0/s1. The molecule has 0 saturated carbocycles. The molecular formula is C39H44N2O6. The molecule has 0 aromatic heterocycles. The number of carboxylic acids is 1. The summed E-state index contributed by atoms with van der Waals surface area (Å²) in [7, 11) is 2.13. The van der Waals surface area contributed by atoms with Crippen LogP contribution in [0.5, 0.6) is 0 Å². The Balaban J connectivity index is 1.28. The summed E-state index contributed by atoms with van der Waals surface area (Å²) in [4.78, 5) is 25.1. The van der Waals surface area contributed by atoms with E-state index in [0.29, 0.717) is 19.4 Å². The third-order valence-corrected chi connectivity index (χ3v) is 8.78. The van der Waals surface area contributed by atoms with Gasteiger partial charge in [-0.1, -0.05) is 97.1 Å². The lowest BCUT2D eigenvalue weighted by molar-refractivity contribution is -0.253. The molecular weight excluding hydrogens is 592 g/mol. The number of amides is 1. The average Bonchev–Trinajstić information content (AvgIpc) is 3.10. The number of nitrogens with zero attached hydrogens (tertiary/aromatic N) is 1. The molecule has 47 heavy (non-hydrogen) atoms. The fourth-order valence-electron chi connectivity index (χ4n) is 5.88. The predicted octanol–water partition coefficient (Wildman–Crippen LogP) is 6.96. The maximum atomic E-state index is 12.1. The van der Waals surface area contributed by atoms with Gasteiger partial charge in [-0.2, -0.15) is 0 Å². The number of hydrogen-bond acceptors (Lipinski definition) is 6. The minimum Gasteiger partial charge on any atom is -0.481 e. The molecule has 0 radical (unpaired) electrons. The SMILES string of the molecule is C[C@@H](c1ccccc1)N(C)C[C@@H]1C[C@H](c2ccc(CO)cc2)O[C@H](c2ccc(-c3cccc(CNC(=O)CCCC(=O)O)c3)cc2)O1. The zero-order chi connectivity index (χ0) is 33.2. The van der Waals surface area contributed by atoms with Gasteiger partial charge in [0.15, 0.2) is 6.29 Å². The Morgan fingerprint density at radius 2 is 1.57 bits per heavy atom. The first kappa shape index (κ1) is 34.0. The smallest absolute Gasteiger partial charge is 0.303 e. The topological polar surface area (TPSA) is 108 Å². The Morgan fingerprint density at radius 1 is 0.851 bits per heavy atom. The number of benzene rings is 4. The molecule has 1 saturated heterocycles. The molecule has 3 N–H and O–H groups in total. The molecule has 4 aromatic carbocycles. The average molecular weight is 637 g/mol. The van der Waals surface area contributed by atoms with Gasteiger partial charge in [-0.15, -0.1) is 0 Å². The number of aliphatic hydroxyl groups excluding tert-OH is 1. The molecule has 8 heteroatoms. The van der Waals surface area contributed by atoms with Crippen LogP contribution in [0.4, 0.5) is 0 Å². The van der Waals surface area contributed by atoms with E-state index in [2.05, 4.69) is 60.6 Å². The summed E-state index contributed by atoms with van der Waals surface area (Å²) in [5, 5.41) is 21.2. The van der Waals surface area contributed by atoms with Gasteiger partial charge in [0.05, 0.1) is 18.8 Å². The molecule has 246 valence electrons. The first-order valence-corrected chi connectivity index (χ1v) is 16.2. The molecule has 0 spiro atoms. The van der Waals surface area contributed by atoms with Gasteiger partial charge in [0.2, 0.25) is 5.91 Å². The minimum absolute atomic E-state index is 0.000818. The number of hydrogen-bond donors (Lipinski definition) is 3. The molecule has 8 nitrogen and oxygen atoms in total. The highest BCUT2D eigenvalue weighted by Crippen LogP contribution is 2.39. The summed E-state index contributed by atoms with van der Waals surface area (Å²) in [6.07, 6.45) is 0.431. The highest BCUT2D eigenvalue weighted by molar-refractivity contribution is 5.76. The number of likely N-dealkylation sites (N-methyl/N-ethyl adjacent to an activating group) is 1. The summed E-state index contributed by atoms with van der Waals surface area (Å²) >= 11 is 0. The van der Waals surface area contributed by atoms with E-state index in [1.54, 1.807) is 0 Å². The van der Waals surface area contributed by atoms with E-state index in [4.69, 9.17) is 14.6 Å². The van der Waals surface area contributed by atoms with Crippen LogP contribution in [0.25, 0.3) is 11.1 Å². The number of nitrogens with one attached hydrogen (secondary N) is 1. The molecule has 0 unspecified atom stereocenters. The third kappa shape index (κ3) is 9.59. The van der Waals surface area contributed by atoms with Crippen molar-refractivity contribution in [1.82, 2.24) is 10.2 Å². The second-order valence-electron chi connectivity index (χ2n) is 12.2. The highest BCUT2D eigenvalue weighted by Gasteiger charge is 2.33. The van der Waals surface area contributed by atoms with Crippen molar-refractivity contribution < 1.29 is 29.3 Å². The minimum atomic E-state index is -0.896. The van der Waals surface area contributed by atoms with Crippen molar-refractivity contribution in [3.05, 3.63) is 131 Å². The van der Waals surface area contributed by atoms with Gasteiger partial charge in [0.1, 0.15) is 0 Å². The number of rotatable bonds is 14. The van der Waals surface area contributed by atoms with E-state index in [9.17, 15) is 14.7 Å². The number of carboxylic acid groups (broad SMARTS) is 1. The van der Waals surface area contributed by atoms with Gasteiger partial charge in [-0.25, -0.2) is 0 Å². The van der Waals surface area contributed by atoms with Gasteiger partial charge in [-0.05, 0) is 59.8 Å². The molecule has 1 aliphatic heterocycles. The van der Waals surface area contributed by atoms with Crippen LogP contribution >= 0.6 is 0 Å².